The number of para-hydroxylation sites is 1. The average Bonchev–Trinajstić information content (AvgIpc) is 3.21. The van der Waals surface area contributed by atoms with Crippen molar-refractivity contribution >= 4 is 34.1 Å². The van der Waals surface area contributed by atoms with Crippen LogP contribution in [-0.2, 0) is 0 Å². The Morgan fingerprint density at radius 2 is 1.77 bits per heavy atom. The number of hydrogen-bond acceptors (Lipinski definition) is 7. The van der Waals surface area contributed by atoms with E-state index in [1.165, 1.54) is 11.1 Å². The molecule has 154 valence electrons. The highest BCUT2D eigenvalue weighted by molar-refractivity contribution is 8.15. The second-order valence-electron chi connectivity index (χ2n) is 7.27. The van der Waals surface area contributed by atoms with Crippen LogP contribution in [0.15, 0.2) is 65.8 Å². The first-order valence-corrected chi connectivity index (χ1v) is 11.0. The molecule has 0 saturated heterocycles. The van der Waals surface area contributed by atoms with E-state index in [9.17, 15) is 0 Å². The van der Waals surface area contributed by atoms with Gasteiger partial charge >= 0.3 is 0 Å². The Morgan fingerprint density at radius 3 is 2.57 bits per heavy atom. The Bertz CT molecular complexity index is 1000. The van der Waals surface area contributed by atoms with E-state index in [0.29, 0.717) is 5.95 Å². The van der Waals surface area contributed by atoms with E-state index >= 15 is 0 Å². The van der Waals surface area contributed by atoms with E-state index in [1.807, 2.05) is 24.3 Å². The van der Waals surface area contributed by atoms with E-state index in [2.05, 4.69) is 75.1 Å². The summed E-state index contributed by atoms with van der Waals surface area (Å²) < 4.78 is 0. The lowest BCUT2D eigenvalue weighted by atomic mass is 10.1. The van der Waals surface area contributed by atoms with Crippen molar-refractivity contribution in [3.63, 3.8) is 0 Å². The highest BCUT2D eigenvalue weighted by atomic mass is 32.2. The van der Waals surface area contributed by atoms with Crippen LogP contribution >= 0.6 is 11.8 Å². The summed E-state index contributed by atoms with van der Waals surface area (Å²) in [5.41, 5.74) is 5.41. The van der Waals surface area contributed by atoms with Gasteiger partial charge in [0.05, 0.1) is 11.9 Å². The van der Waals surface area contributed by atoms with Crippen LogP contribution in [0.4, 0.5) is 17.3 Å². The second-order valence-corrected chi connectivity index (χ2v) is 8.46. The lowest BCUT2D eigenvalue weighted by Crippen LogP contribution is -2.31. The van der Waals surface area contributed by atoms with Gasteiger partial charge in [0.1, 0.15) is 10.7 Å². The van der Waals surface area contributed by atoms with Gasteiger partial charge < -0.3 is 16.0 Å². The van der Waals surface area contributed by atoms with Crippen LogP contribution < -0.4 is 16.0 Å². The summed E-state index contributed by atoms with van der Waals surface area (Å²) in [6.45, 7) is 6.66. The van der Waals surface area contributed by atoms with Crippen LogP contribution in [0.25, 0.3) is 0 Å². The molecule has 3 N–H and O–H groups in total. The molecular weight excluding hydrogens is 392 g/mol. The van der Waals surface area contributed by atoms with Crippen molar-refractivity contribution in [3.8, 4) is 0 Å². The normalized spacial score (nSPS) is 15.7. The number of aliphatic imine (C=N–C) groups is 1. The van der Waals surface area contributed by atoms with Gasteiger partial charge in [-0.3, -0.25) is 4.99 Å². The van der Waals surface area contributed by atoms with Gasteiger partial charge in [-0.1, -0.05) is 36.0 Å². The highest BCUT2D eigenvalue weighted by Crippen LogP contribution is 2.24. The fraction of sp³-hybridized carbons (Fsp3) is 0.261. The van der Waals surface area contributed by atoms with Crippen molar-refractivity contribution in [3.05, 3.63) is 77.6 Å². The predicted octanol–water partition coefficient (Wildman–Crippen LogP) is 4.36. The monoisotopic (exact) mass is 418 g/mol. The van der Waals surface area contributed by atoms with Crippen LogP contribution in [0.3, 0.4) is 0 Å². The maximum atomic E-state index is 4.68. The van der Waals surface area contributed by atoms with Crippen LogP contribution in [0, 0.1) is 13.8 Å². The summed E-state index contributed by atoms with van der Waals surface area (Å²) in [5, 5.41) is 11.5. The lowest BCUT2D eigenvalue weighted by molar-refractivity contribution is 0.676. The molecule has 0 bridgehead atoms. The van der Waals surface area contributed by atoms with Gasteiger partial charge in [0.15, 0.2) is 0 Å². The lowest BCUT2D eigenvalue weighted by Gasteiger charge is -2.12. The molecule has 0 aliphatic carbocycles. The number of nitrogens with zero attached hydrogens (tertiary/aromatic N) is 3. The first kappa shape index (κ1) is 20.4. The first-order chi connectivity index (χ1) is 14.7. The van der Waals surface area contributed by atoms with Gasteiger partial charge in [-0.25, -0.2) is 9.97 Å². The summed E-state index contributed by atoms with van der Waals surface area (Å²) in [7, 11) is 0. The van der Waals surface area contributed by atoms with Crippen LogP contribution in [0.2, 0.25) is 0 Å². The zero-order chi connectivity index (χ0) is 20.8. The van der Waals surface area contributed by atoms with Gasteiger partial charge in [0.2, 0.25) is 5.95 Å². The van der Waals surface area contributed by atoms with Crippen LogP contribution in [0.5, 0.6) is 0 Å². The Balaban J connectivity index is 1.29. The van der Waals surface area contributed by atoms with Crippen molar-refractivity contribution in [2.24, 2.45) is 4.99 Å². The Kier molecular flexibility index (Phi) is 6.61. The Morgan fingerprint density at radius 1 is 0.967 bits per heavy atom. The molecule has 4 rings (SSSR count). The zero-order valence-electron chi connectivity index (χ0n) is 17.2. The smallest absolute Gasteiger partial charge is 0.227 e. The minimum Gasteiger partial charge on any atom is -0.384 e. The third-order valence-electron chi connectivity index (χ3n) is 4.61. The molecule has 1 aromatic heterocycles. The molecule has 2 heterocycles. The number of aryl methyl sites for hydroxylation is 2. The molecule has 0 radical (unpaired) electrons. The molecule has 1 aliphatic heterocycles. The van der Waals surface area contributed by atoms with Crippen LogP contribution in [0.1, 0.15) is 16.8 Å². The molecule has 0 saturated carbocycles. The van der Waals surface area contributed by atoms with Crippen molar-refractivity contribution in [1.29, 1.82) is 0 Å². The van der Waals surface area contributed by atoms with E-state index in [0.717, 1.165) is 41.7 Å². The van der Waals surface area contributed by atoms with Crippen LogP contribution in [-0.4, -0.2) is 40.0 Å². The average molecular weight is 419 g/mol. The van der Waals surface area contributed by atoms with Gasteiger partial charge in [-0.2, -0.15) is 0 Å². The second kappa shape index (κ2) is 9.73. The third-order valence-corrected chi connectivity index (χ3v) is 5.77. The number of aromatic nitrogens is 2. The Hall–Kier alpha value is -2.90. The fourth-order valence-electron chi connectivity index (χ4n) is 3.33. The number of anilines is 3. The van der Waals surface area contributed by atoms with E-state index in [1.54, 1.807) is 18.0 Å². The molecule has 1 atom stereocenters. The molecule has 6 nitrogen and oxygen atoms in total. The summed E-state index contributed by atoms with van der Waals surface area (Å²) >= 11 is 1.72. The highest BCUT2D eigenvalue weighted by Gasteiger charge is 2.21. The SMILES string of the molecule is Cc1cc(C)cc(Nc2nccc(C3=NCC(NCCNc4ccccc4)S3)n2)c1. The fourth-order valence-corrected chi connectivity index (χ4v) is 4.34. The summed E-state index contributed by atoms with van der Waals surface area (Å²) in [6, 6.07) is 18.5. The summed E-state index contributed by atoms with van der Waals surface area (Å²) in [5.74, 6) is 0.587. The molecule has 3 aromatic rings. The van der Waals surface area contributed by atoms with E-state index in [4.69, 9.17) is 0 Å². The molecule has 0 fully saturated rings. The molecule has 7 heteroatoms. The van der Waals surface area contributed by atoms with E-state index in [-0.39, 0.29) is 5.37 Å². The summed E-state index contributed by atoms with van der Waals surface area (Å²) in [4.78, 5) is 13.7. The predicted molar refractivity (Wildman–Crippen MR) is 127 cm³/mol. The largest absolute Gasteiger partial charge is 0.384 e. The molecule has 0 amide bonds. The molecule has 1 unspecified atom stereocenters. The van der Waals surface area contributed by atoms with Crippen molar-refractivity contribution in [2.75, 3.05) is 30.3 Å². The zero-order valence-corrected chi connectivity index (χ0v) is 18.0. The quantitative estimate of drug-likeness (QED) is 0.472. The first-order valence-electron chi connectivity index (χ1n) is 10.1. The van der Waals surface area contributed by atoms with Crippen molar-refractivity contribution in [1.82, 2.24) is 15.3 Å². The molecule has 0 spiro atoms. The number of thioether (sulfide) groups is 1. The molecule has 30 heavy (non-hydrogen) atoms. The number of rotatable bonds is 8. The van der Waals surface area contributed by atoms with Crippen molar-refractivity contribution in [2.45, 2.75) is 19.2 Å². The maximum Gasteiger partial charge on any atom is 0.227 e. The van der Waals surface area contributed by atoms with E-state index < -0.39 is 0 Å². The summed E-state index contributed by atoms with van der Waals surface area (Å²) in [6.07, 6.45) is 1.78. The van der Waals surface area contributed by atoms with Gasteiger partial charge in [0.25, 0.3) is 0 Å². The molecule has 1 aliphatic rings. The Labute approximate surface area is 181 Å². The molecular formula is C23H26N6S. The number of benzene rings is 2. The number of hydrogen-bond donors (Lipinski definition) is 3. The molecule has 2 aromatic carbocycles. The van der Waals surface area contributed by atoms with Gasteiger partial charge in [-0.05, 0) is 55.3 Å². The maximum absolute atomic E-state index is 4.68. The topological polar surface area (TPSA) is 74.2 Å². The van der Waals surface area contributed by atoms with Gasteiger partial charge in [-0.15, -0.1) is 0 Å². The number of nitrogens with one attached hydrogen (secondary N) is 3. The van der Waals surface area contributed by atoms with Crippen molar-refractivity contribution < 1.29 is 0 Å². The minimum absolute atomic E-state index is 0.267. The minimum atomic E-state index is 0.267. The van der Waals surface area contributed by atoms with Gasteiger partial charge in [0, 0.05) is 30.7 Å². The standard InChI is InChI=1S/C23H26N6S/c1-16-12-17(2)14-19(13-16)28-23-26-9-8-20(29-23)22-27-15-21(30-22)25-11-10-24-18-6-4-3-5-7-18/h3-9,12-14,21,24-25H,10-11,15H2,1-2H3,(H,26,28,29). The third kappa shape index (κ3) is 5.58.